The summed E-state index contributed by atoms with van der Waals surface area (Å²) in [4.78, 5) is 2.38. The highest BCUT2D eigenvalue weighted by Gasteiger charge is 2.28. The number of piperidine rings is 1. The van der Waals surface area contributed by atoms with Crippen molar-refractivity contribution in [3.8, 4) is 0 Å². The molecule has 0 bridgehead atoms. The first kappa shape index (κ1) is 9.44. The summed E-state index contributed by atoms with van der Waals surface area (Å²) in [6, 6.07) is 0.340. The van der Waals surface area contributed by atoms with E-state index in [2.05, 4.69) is 11.8 Å². The fourth-order valence-electron chi connectivity index (χ4n) is 2.05. The van der Waals surface area contributed by atoms with Crippen molar-refractivity contribution in [1.29, 1.82) is 0 Å². The van der Waals surface area contributed by atoms with Gasteiger partial charge in [-0.2, -0.15) is 0 Å². The maximum atomic E-state index is 9.66. The molecule has 3 unspecified atom stereocenters. The van der Waals surface area contributed by atoms with E-state index in [-0.39, 0.29) is 6.10 Å². The number of hydrogen-bond donors (Lipinski definition) is 1. The van der Waals surface area contributed by atoms with Crippen molar-refractivity contribution in [1.82, 2.24) is 4.90 Å². The molecule has 0 aliphatic carbocycles. The van der Waals surface area contributed by atoms with Crippen LogP contribution in [0.25, 0.3) is 0 Å². The Bertz CT molecular complexity index is 170. The summed E-state index contributed by atoms with van der Waals surface area (Å²) >= 11 is 0. The van der Waals surface area contributed by atoms with E-state index in [1.54, 1.807) is 0 Å². The van der Waals surface area contributed by atoms with Crippen molar-refractivity contribution in [2.24, 2.45) is 0 Å². The molecule has 0 spiro atoms. The second-order valence-electron chi connectivity index (χ2n) is 4.23. The molecule has 3 heteroatoms. The third-order valence-electron chi connectivity index (χ3n) is 3.22. The lowest BCUT2D eigenvalue weighted by Gasteiger charge is -2.36. The fraction of sp³-hybridized carbons (Fsp3) is 1.00. The Morgan fingerprint density at radius 2 is 2.31 bits per heavy atom. The number of aliphatic hydroxyl groups excluding tert-OH is 1. The second kappa shape index (κ2) is 3.95. The van der Waals surface area contributed by atoms with Crippen LogP contribution in [0.5, 0.6) is 0 Å². The van der Waals surface area contributed by atoms with Gasteiger partial charge >= 0.3 is 0 Å². The lowest BCUT2D eigenvalue weighted by molar-refractivity contribution is 0.0186. The standard InChI is InChI=1S/C10H19NO2/c1-8-10(12)3-2-5-11(8)6-4-9-7-13-9/h8-10,12H,2-7H2,1H3. The van der Waals surface area contributed by atoms with E-state index in [9.17, 15) is 5.11 Å². The molecule has 13 heavy (non-hydrogen) atoms. The molecule has 0 radical (unpaired) electrons. The Labute approximate surface area is 79.7 Å². The molecule has 3 nitrogen and oxygen atoms in total. The number of rotatable bonds is 3. The molecular weight excluding hydrogens is 166 g/mol. The topological polar surface area (TPSA) is 36.0 Å². The van der Waals surface area contributed by atoms with Crippen LogP contribution < -0.4 is 0 Å². The SMILES string of the molecule is CC1C(O)CCCN1CCC1CO1. The van der Waals surface area contributed by atoms with E-state index in [1.807, 2.05) is 0 Å². The highest BCUT2D eigenvalue weighted by molar-refractivity contribution is 4.82. The summed E-state index contributed by atoms with van der Waals surface area (Å²) in [7, 11) is 0. The molecule has 0 saturated carbocycles. The van der Waals surface area contributed by atoms with Gasteiger partial charge in [0.05, 0.1) is 18.8 Å². The van der Waals surface area contributed by atoms with Crippen molar-refractivity contribution in [2.45, 2.75) is 44.4 Å². The van der Waals surface area contributed by atoms with Crippen LogP contribution in [0.2, 0.25) is 0 Å². The van der Waals surface area contributed by atoms with Crippen LogP contribution in [0.1, 0.15) is 26.2 Å². The summed E-state index contributed by atoms with van der Waals surface area (Å²) in [6.45, 7) is 5.30. The zero-order chi connectivity index (χ0) is 9.26. The molecular formula is C10H19NO2. The minimum absolute atomic E-state index is 0.117. The van der Waals surface area contributed by atoms with Crippen molar-refractivity contribution in [2.75, 3.05) is 19.7 Å². The number of nitrogens with zero attached hydrogens (tertiary/aromatic N) is 1. The maximum Gasteiger partial charge on any atom is 0.0822 e. The van der Waals surface area contributed by atoms with Gasteiger partial charge in [-0.3, -0.25) is 4.90 Å². The van der Waals surface area contributed by atoms with Gasteiger partial charge in [-0.25, -0.2) is 0 Å². The van der Waals surface area contributed by atoms with Crippen molar-refractivity contribution >= 4 is 0 Å². The van der Waals surface area contributed by atoms with Crippen LogP contribution in [-0.2, 0) is 4.74 Å². The minimum Gasteiger partial charge on any atom is -0.392 e. The summed E-state index contributed by atoms with van der Waals surface area (Å²) < 4.78 is 5.17. The van der Waals surface area contributed by atoms with Crippen LogP contribution in [0, 0.1) is 0 Å². The van der Waals surface area contributed by atoms with E-state index in [1.165, 1.54) is 0 Å². The van der Waals surface area contributed by atoms with E-state index < -0.39 is 0 Å². The molecule has 1 N–H and O–H groups in total. The molecule has 0 aromatic rings. The van der Waals surface area contributed by atoms with E-state index >= 15 is 0 Å². The molecule has 2 fully saturated rings. The van der Waals surface area contributed by atoms with E-state index in [0.29, 0.717) is 12.1 Å². The molecule has 3 atom stereocenters. The van der Waals surface area contributed by atoms with Crippen LogP contribution in [0.4, 0.5) is 0 Å². The van der Waals surface area contributed by atoms with Gasteiger partial charge in [0.25, 0.3) is 0 Å². The Morgan fingerprint density at radius 1 is 1.54 bits per heavy atom. The molecule has 0 amide bonds. The maximum absolute atomic E-state index is 9.66. The average Bonchev–Trinajstić information content (AvgIpc) is 2.91. The Hall–Kier alpha value is -0.120. The summed E-state index contributed by atoms with van der Waals surface area (Å²) in [5.74, 6) is 0. The lowest BCUT2D eigenvalue weighted by atomic mass is 10.00. The number of hydrogen-bond acceptors (Lipinski definition) is 3. The second-order valence-corrected chi connectivity index (χ2v) is 4.23. The van der Waals surface area contributed by atoms with Crippen molar-refractivity contribution < 1.29 is 9.84 Å². The van der Waals surface area contributed by atoms with Crippen molar-refractivity contribution in [3.63, 3.8) is 0 Å². The molecule has 2 heterocycles. The fourth-order valence-corrected chi connectivity index (χ4v) is 2.05. The van der Waals surface area contributed by atoms with Gasteiger partial charge in [-0.1, -0.05) is 0 Å². The van der Waals surface area contributed by atoms with Gasteiger partial charge in [0.1, 0.15) is 0 Å². The van der Waals surface area contributed by atoms with Gasteiger partial charge in [-0.15, -0.1) is 0 Å². The van der Waals surface area contributed by atoms with Crippen LogP contribution in [0.15, 0.2) is 0 Å². The monoisotopic (exact) mass is 185 g/mol. The number of likely N-dealkylation sites (tertiary alicyclic amines) is 1. The molecule has 2 rings (SSSR count). The predicted octanol–water partition coefficient (Wildman–Crippen LogP) is 0.620. The molecule has 0 aromatic heterocycles. The molecule has 2 saturated heterocycles. The molecule has 2 aliphatic heterocycles. The zero-order valence-corrected chi connectivity index (χ0v) is 8.28. The van der Waals surface area contributed by atoms with Gasteiger partial charge in [0.15, 0.2) is 0 Å². The Balaban J connectivity index is 1.75. The Morgan fingerprint density at radius 3 is 3.00 bits per heavy atom. The van der Waals surface area contributed by atoms with E-state index in [4.69, 9.17) is 4.74 Å². The highest BCUT2D eigenvalue weighted by atomic mass is 16.6. The third-order valence-corrected chi connectivity index (χ3v) is 3.22. The first-order chi connectivity index (χ1) is 6.27. The van der Waals surface area contributed by atoms with Crippen LogP contribution in [-0.4, -0.2) is 48.0 Å². The molecule has 0 aromatic carbocycles. The van der Waals surface area contributed by atoms with Gasteiger partial charge in [0, 0.05) is 12.6 Å². The molecule has 76 valence electrons. The highest BCUT2D eigenvalue weighted by Crippen LogP contribution is 2.20. The van der Waals surface area contributed by atoms with Gasteiger partial charge in [0.2, 0.25) is 0 Å². The third kappa shape index (κ3) is 2.42. The predicted molar refractivity (Wildman–Crippen MR) is 50.6 cm³/mol. The number of ether oxygens (including phenoxy) is 1. The number of epoxide rings is 1. The summed E-state index contributed by atoms with van der Waals surface area (Å²) in [5.41, 5.74) is 0. The normalized spacial score (nSPS) is 40.6. The smallest absolute Gasteiger partial charge is 0.0822 e. The first-order valence-corrected chi connectivity index (χ1v) is 5.31. The summed E-state index contributed by atoms with van der Waals surface area (Å²) in [6.07, 6.45) is 3.64. The van der Waals surface area contributed by atoms with Crippen molar-refractivity contribution in [3.05, 3.63) is 0 Å². The minimum atomic E-state index is -0.117. The van der Waals surface area contributed by atoms with E-state index in [0.717, 1.165) is 39.0 Å². The first-order valence-electron chi connectivity index (χ1n) is 5.31. The average molecular weight is 185 g/mol. The van der Waals surface area contributed by atoms with Crippen LogP contribution >= 0.6 is 0 Å². The zero-order valence-electron chi connectivity index (χ0n) is 8.28. The van der Waals surface area contributed by atoms with Crippen LogP contribution in [0.3, 0.4) is 0 Å². The lowest BCUT2D eigenvalue weighted by Crippen LogP contribution is -2.46. The Kier molecular flexibility index (Phi) is 2.86. The largest absolute Gasteiger partial charge is 0.392 e. The summed E-state index contributed by atoms with van der Waals surface area (Å²) in [5, 5.41) is 9.66. The van der Waals surface area contributed by atoms with Gasteiger partial charge < -0.3 is 9.84 Å². The molecule has 2 aliphatic rings. The quantitative estimate of drug-likeness (QED) is 0.655. The number of aliphatic hydroxyl groups is 1. The van der Waals surface area contributed by atoms with Gasteiger partial charge in [-0.05, 0) is 32.7 Å².